The van der Waals surface area contributed by atoms with Crippen LogP contribution in [0.5, 0.6) is 0 Å². The third-order valence-electron chi connectivity index (χ3n) is 4.78. The predicted octanol–water partition coefficient (Wildman–Crippen LogP) is 3.57. The van der Waals surface area contributed by atoms with Gasteiger partial charge in [-0.2, -0.15) is 4.98 Å². The van der Waals surface area contributed by atoms with Crippen molar-refractivity contribution in [3.05, 3.63) is 83.5 Å². The van der Waals surface area contributed by atoms with Crippen LogP contribution in [-0.2, 0) is 17.6 Å². The number of hydrogen-bond acceptors (Lipinski definition) is 4. The summed E-state index contributed by atoms with van der Waals surface area (Å²) in [6, 6.07) is 20.3. The fourth-order valence-electron chi connectivity index (χ4n) is 3.53. The summed E-state index contributed by atoms with van der Waals surface area (Å²) in [5, 5.41) is 4.01. The molecule has 0 N–H and O–H groups in total. The summed E-state index contributed by atoms with van der Waals surface area (Å²) in [4.78, 5) is 19.1. The van der Waals surface area contributed by atoms with Crippen LogP contribution in [0.2, 0.25) is 0 Å². The maximum Gasteiger partial charge on any atom is 0.236 e. The van der Waals surface area contributed by atoms with Gasteiger partial charge in [-0.15, -0.1) is 0 Å². The van der Waals surface area contributed by atoms with Crippen LogP contribution in [0, 0.1) is 0 Å². The maximum atomic E-state index is 12.8. The van der Waals surface area contributed by atoms with Crippen molar-refractivity contribution >= 4 is 5.91 Å². The zero-order chi connectivity index (χ0) is 17.8. The highest BCUT2D eigenvalue weighted by molar-refractivity contribution is 5.78. The minimum atomic E-state index is 0.0475. The normalized spacial score (nSPS) is 16.8. The molecule has 132 valence electrons. The molecule has 1 aromatic heterocycles. The summed E-state index contributed by atoms with van der Waals surface area (Å²) >= 11 is 0. The van der Waals surface area contributed by atoms with Crippen molar-refractivity contribution in [1.29, 1.82) is 0 Å². The standard InChI is InChI=1S/C21H21N3O2/c25-21(24-13-7-12-18(24)17-10-5-2-6-11-17)15-20-22-19(23-26-20)14-16-8-3-1-4-9-16/h1-6,8-11,18H,7,12-15H2. The molecule has 1 fully saturated rings. The molecule has 1 atom stereocenters. The summed E-state index contributed by atoms with van der Waals surface area (Å²) < 4.78 is 5.30. The van der Waals surface area contributed by atoms with E-state index in [1.54, 1.807) is 0 Å². The van der Waals surface area contributed by atoms with Gasteiger partial charge in [0.25, 0.3) is 0 Å². The zero-order valence-corrected chi connectivity index (χ0v) is 14.5. The van der Waals surface area contributed by atoms with E-state index in [1.807, 2.05) is 53.4 Å². The molecule has 2 aromatic carbocycles. The van der Waals surface area contributed by atoms with Gasteiger partial charge in [-0.1, -0.05) is 65.8 Å². The van der Waals surface area contributed by atoms with Crippen LogP contribution in [0.25, 0.3) is 0 Å². The monoisotopic (exact) mass is 347 g/mol. The number of amides is 1. The molecular weight excluding hydrogens is 326 g/mol. The van der Waals surface area contributed by atoms with Crippen molar-refractivity contribution in [1.82, 2.24) is 15.0 Å². The molecule has 5 nitrogen and oxygen atoms in total. The zero-order valence-electron chi connectivity index (χ0n) is 14.5. The molecule has 26 heavy (non-hydrogen) atoms. The van der Waals surface area contributed by atoms with Crippen molar-refractivity contribution in [3.8, 4) is 0 Å². The third kappa shape index (κ3) is 3.67. The lowest BCUT2D eigenvalue weighted by Gasteiger charge is -2.24. The molecule has 1 saturated heterocycles. The molecule has 5 heteroatoms. The van der Waals surface area contributed by atoms with Crippen molar-refractivity contribution < 1.29 is 9.32 Å². The van der Waals surface area contributed by atoms with Crippen molar-refractivity contribution in [2.24, 2.45) is 0 Å². The van der Waals surface area contributed by atoms with E-state index < -0.39 is 0 Å². The molecule has 4 rings (SSSR count). The second-order valence-corrected chi connectivity index (χ2v) is 6.60. The SMILES string of the molecule is O=C(Cc1nc(Cc2ccccc2)no1)N1CCCC1c1ccccc1. The second-order valence-electron chi connectivity index (χ2n) is 6.60. The van der Waals surface area contributed by atoms with Crippen LogP contribution in [0.4, 0.5) is 0 Å². The minimum absolute atomic E-state index is 0.0475. The second kappa shape index (κ2) is 7.52. The third-order valence-corrected chi connectivity index (χ3v) is 4.78. The summed E-state index contributed by atoms with van der Waals surface area (Å²) in [7, 11) is 0. The van der Waals surface area contributed by atoms with E-state index in [4.69, 9.17) is 4.52 Å². The van der Waals surface area contributed by atoms with Crippen LogP contribution < -0.4 is 0 Å². The molecule has 0 saturated carbocycles. The van der Waals surface area contributed by atoms with Crippen LogP contribution >= 0.6 is 0 Å². The van der Waals surface area contributed by atoms with E-state index in [0.717, 1.165) is 24.9 Å². The molecule has 0 spiro atoms. The Morgan fingerprint density at radius 2 is 1.81 bits per heavy atom. The number of benzene rings is 2. The predicted molar refractivity (Wildman–Crippen MR) is 97.4 cm³/mol. The summed E-state index contributed by atoms with van der Waals surface area (Å²) in [6.07, 6.45) is 2.78. The molecule has 0 bridgehead atoms. The van der Waals surface area contributed by atoms with E-state index in [9.17, 15) is 4.79 Å². The number of aromatic nitrogens is 2. The van der Waals surface area contributed by atoms with Crippen LogP contribution in [-0.4, -0.2) is 27.5 Å². The van der Waals surface area contributed by atoms with Gasteiger partial charge in [0, 0.05) is 13.0 Å². The molecule has 1 amide bonds. The maximum absolute atomic E-state index is 12.8. The number of likely N-dealkylation sites (tertiary alicyclic amines) is 1. The topological polar surface area (TPSA) is 59.2 Å². The van der Waals surface area contributed by atoms with Crippen LogP contribution in [0.15, 0.2) is 65.2 Å². The van der Waals surface area contributed by atoms with Gasteiger partial charge in [0.15, 0.2) is 5.82 Å². The van der Waals surface area contributed by atoms with Gasteiger partial charge in [0.2, 0.25) is 11.8 Å². The Labute approximate surface area is 152 Å². The van der Waals surface area contributed by atoms with Crippen molar-refractivity contribution in [3.63, 3.8) is 0 Å². The van der Waals surface area contributed by atoms with Crippen molar-refractivity contribution in [2.75, 3.05) is 6.54 Å². The Hall–Kier alpha value is -2.95. The van der Waals surface area contributed by atoms with E-state index in [2.05, 4.69) is 22.3 Å². The van der Waals surface area contributed by atoms with E-state index in [1.165, 1.54) is 5.56 Å². The summed E-state index contributed by atoms with van der Waals surface area (Å²) in [6.45, 7) is 0.781. The summed E-state index contributed by atoms with van der Waals surface area (Å²) in [5.41, 5.74) is 2.31. The highest BCUT2D eigenvalue weighted by Gasteiger charge is 2.30. The van der Waals surface area contributed by atoms with Gasteiger partial charge in [-0.05, 0) is 24.0 Å². The number of hydrogen-bond donors (Lipinski definition) is 0. The summed E-state index contributed by atoms with van der Waals surface area (Å²) in [5.74, 6) is 1.05. The Morgan fingerprint density at radius 3 is 2.58 bits per heavy atom. The molecule has 0 radical (unpaired) electrons. The number of nitrogens with zero attached hydrogens (tertiary/aromatic N) is 3. The fraction of sp³-hybridized carbons (Fsp3) is 0.286. The largest absolute Gasteiger partial charge is 0.339 e. The Kier molecular flexibility index (Phi) is 4.78. The highest BCUT2D eigenvalue weighted by atomic mass is 16.5. The Balaban J connectivity index is 1.42. The van der Waals surface area contributed by atoms with Crippen LogP contribution in [0.3, 0.4) is 0 Å². The fourth-order valence-corrected chi connectivity index (χ4v) is 3.53. The average Bonchev–Trinajstić information content (AvgIpc) is 3.33. The van der Waals surface area contributed by atoms with Gasteiger partial charge in [0.1, 0.15) is 6.42 Å². The molecule has 1 aliphatic heterocycles. The molecule has 2 heterocycles. The molecule has 1 unspecified atom stereocenters. The average molecular weight is 347 g/mol. The molecule has 0 aliphatic carbocycles. The Bertz CT molecular complexity index is 861. The lowest BCUT2D eigenvalue weighted by Crippen LogP contribution is -2.31. The van der Waals surface area contributed by atoms with E-state index >= 15 is 0 Å². The number of rotatable bonds is 5. The van der Waals surface area contributed by atoms with E-state index in [-0.39, 0.29) is 18.4 Å². The first kappa shape index (κ1) is 16.5. The number of carbonyl (C=O) groups excluding carboxylic acids is 1. The van der Waals surface area contributed by atoms with Gasteiger partial charge in [-0.3, -0.25) is 4.79 Å². The lowest BCUT2D eigenvalue weighted by molar-refractivity contribution is -0.131. The first-order chi connectivity index (χ1) is 12.8. The number of carbonyl (C=O) groups is 1. The highest BCUT2D eigenvalue weighted by Crippen LogP contribution is 2.32. The first-order valence-electron chi connectivity index (χ1n) is 8.99. The Morgan fingerprint density at radius 1 is 1.08 bits per heavy atom. The quantitative estimate of drug-likeness (QED) is 0.708. The lowest BCUT2D eigenvalue weighted by atomic mass is 10.0. The van der Waals surface area contributed by atoms with Gasteiger partial charge >= 0.3 is 0 Å². The van der Waals surface area contributed by atoms with E-state index in [0.29, 0.717) is 18.1 Å². The molecular formula is C21H21N3O2. The minimum Gasteiger partial charge on any atom is -0.339 e. The molecule has 3 aromatic rings. The smallest absolute Gasteiger partial charge is 0.236 e. The molecule has 1 aliphatic rings. The van der Waals surface area contributed by atoms with Gasteiger partial charge in [0.05, 0.1) is 6.04 Å². The van der Waals surface area contributed by atoms with Gasteiger partial charge < -0.3 is 9.42 Å². The van der Waals surface area contributed by atoms with Gasteiger partial charge in [-0.25, -0.2) is 0 Å². The van der Waals surface area contributed by atoms with Crippen molar-refractivity contribution in [2.45, 2.75) is 31.7 Å². The first-order valence-corrected chi connectivity index (χ1v) is 8.99. The van der Waals surface area contributed by atoms with Crippen LogP contribution in [0.1, 0.15) is 41.7 Å².